The van der Waals surface area contributed by atoms with E-state index in [2.05, 4.69) is 4.98 Å². The number of phenols is 1. The highest BCUT2D eigenvalue weighted by Gasteiger charge is 2.11. The maximum absolute atomic E-state index is 12.6. The Labute approximate surface area is 124 Å². The number of nitrogens with zero attached hydrogens (tertiary/aromatic N) is 2. The molecule has 0 bridgehead atoms. The molecule has 6 nitrogen and oxygen atoms in total. The van der Waals surface area contributed by atoms with E-state index < -0.39 is 5.56 Å². The maximum atomic E-state index is 12.6. The molecular weight excluding hydrogens is 282 g/mol. The molecule has 0 unspecified atom stereocenters. The fourth-order valence-corrected chi connectivity index (χ4v) is 2.51. The largest absolute Gasteiger partial charge is 0.505 e. The van der Waals surface area contributed by atoms with Crippen molar-refractivity contribution in [1.82, 2.24) is 9.38 Å². The lowest BCUT2D eigenvalue weighted by Crippen LogP contribution is -2.11. The summed E-state index contributed by atoms with van der Waals surface area (Å²) in [7, 11) is 0. The van der Waals surface area contributed by atoms with Gasteiger partial charge in [-0.15, -0.1) is 0 Å². The lowest BCUT2D eigenvalue weighted by molar-refractivity contribution is 0.476. The monoisotopic (exact) mass is 295 g/mol. The Morgan fingerprint density at radius 3 is 2.86 bits per heavy atom. The highest BCUT2D eigenvalue weighted by Crippen LogP contribution is 2.23. The molecule has 0 saturated carbocycles. The van der Waals surface area contributed by atoms with Crippen molar-refractivity contribution in [2.45, 2.75) is 19.8 Å². The van der Waals surface area contributed by atoms with Crippen LogP contribution in [0.3, 0.4) is 0 Å². The first-order valence-electron chi connectivity index (χ1n) is 6.79. The lowest BCUT2D eigenvalue weighted by atomic mass is 10.1. The zero-order chi connectivity index (χ0) is 15.9. The van der Waals surface area contributed by atoms with Crippen molar-refractivity contribution in [2.75, 3.05) is 0 Å². The third kappa shape index (κ3) is 2.04. The molecule has 2 aromatic heterocycles. The Hall–Kier alpha value is -3.07. The summed E-state index contributed by atoms with van der Waals surface area (Å²) in [5.41, 5.74) is 0.814. The van der Waals surface area contributed by atoms with Crippen LogP contribution in [0.4, 0.5) is 0 Å². The molecule has 0 aliphatic rings. The zero-order valence-corrected chi connectivity index (χ0v) is 11.9. The molecule has 1 aromatic carbocycles. The summed E-state index contributed by atoms with van der Waals surface area (Å²) in [6.45, 7) is 1.69. The zero-order valence-electron chi connectivity index (χ0n) is 11.9. The van der Waals surface area contributed by atoms with Crippen molar-refractivity contribution in [2.24, 2.45) is 0 Å². The number of fused-ring (bicyclic) bond motifs is 2. The Kier molecular flexibility index (Phi) is 3.18. The molecule has 0 amide bonds. The summed E-state index contributed by atoms with van der Waals surface area (Å²) >= 11 is 0. The van der Waals surface area contributed by atoms with Crippen LogP contribution in [0.2, 0.25) is 0 Å². The van der Waals surface area contributed by atoms with Gasteiger partial charge in [-0.2, -0.15) is 5.26 Å². The number of H-pyrrole nitrogens is 1. The first-order chi connectivity index (χ1) is 10.5. The fourth-order valence-electron chi connectivity index (χ4n) is 2.51. The average molecular weight is 295 g/mol. The van der Waals surface area contributed by atoms with Crippen molar-refractivity contribution in [3.05, 3.63) is 56.2 Å². The predicted molar refractivity (Wildman–Crippen MR) is 82.1 cm³/mol. The fraction of sp³-hybridized carbons (Fsp3) is 0.188. The molecule has 22 heavy (non-hydrogen) atoms. The van der Waals surface area contributed by atoms with Crippen LogP contribution < -0.4 is 11.1 Å². The van der Waals surface area contributed by atoms with Crippen LogP contribution in [-0.2, 0) is 6.42 Å². The van der Waals surface area contributed by atoms with E-state index in [9.17, 15) is 14.7 Å². The van der Waals surface area contributed by atoms with E-state index in [-0.39, 0.29) is 27.7 Å². The molecule has 0 spiro atoms. The molecule has 3 aromatic rings. The van der Waals surface area contributed by atoms with Gasteiger partial charge in [0.1, 0.15) is 11.3 Å². The van der Waals surface area contributed by atoms with Gasteiger partial charge in [-0.3, -0.25) is 14.0 Å². The van der Waals surface area contributed by atoms with Gasteiger partial charge in [-0.25, -0.2) is 0 Å². The lowest BCUT2D eigenvalue weighted by Gasteiger charge is -1.99. The molecule has 110 valence electrons. The van der Waals surface area contributed by atoms with Crippen LogP contribution in [-0.4, -0.2) is 14.5 Å². The molecule has 0 saturated heterocycles. The second-order valence-corrected chi connectivity index (χ2v) is 5.17. The predicted octanol–water partition coefficient (Wildman–Crippen LogP) is 1.61. The highest BCUT2D eigenvalue weighted by molar-refractivity contribution is 5.85. The van der Waals surface area contributed by atoms with Gasteiger partial charge < -0.3 is 10.1 Å². The number of benzene rings is 1. The standard InChI is InChI=1S/C16H13N3O3/c1-9-4-5-11-13(14(9)20)18-15(21)12-7-10(3-2-6-17)8-19(12)16(11)22/h4-5,7-8,20H,2-3H2,1H3,(H,18,21). The number of rotatable bonds is 2. The van der Waals surface area contributed by atoms with Crippen LogP contribution >= 0.6 is 0 Å². The number of aromatic amines is 1. The van der Waals surface area contributed by atoms with Crippen LogP contribution in [0.1, 0.15) is 17.5 Å². The number of nitriles is 1. The molecule has 3 rings (SSSR count). The van der Waals surface area contributed by atoms with Crippen molar-refractivity contribution >= 4 is 16.4 Å². The molecule has 0 atom stereocenters. The van der Waals surface area contributed by atoms with Crippen LogP contribution in [0.25, 0.3) is 16.4 Å². The van der Waals surface area contributed by atoms with E-state index >= 15 is 0 Å². The van der Waals surface area contributed by atoms with E-state index in [0.29, 0.717) is 18.4 Å². The third-order valence-electron chi connectivity index (χ3n) is 3.70. The molecule has 2 N–H and O–H groups in total. The summed E-state index contributed by atoms with van der Waals surface area (Å²) in [6.07, 6.45) is 2.36. The van der Waals surface area contributed by atoms with Crippen LogP contribution in [0.5, 0.6) is 5.75 Å². The molecule has 0 radical (unpaired) electrons. The van der Waals surface area contributed by atoms with Gasteiger partial charge in [0, 0.05) is 12.6 Å². The smallest absolute Gasteiger partial charge is 0.272 e. The SMILES string of the molecule is Cc1ccc2c(=O)n3cc(CCC#N)cc3c(=O)[nH]c2c1O. The van der Waals surface area contributed by atoms with Crippen molar-refractivity contribution in [1.29, 1.82) is 5.26 Å². The molecule has 6 heteroatoms. The summed E-state index contributed by atoms with van der Waals surface area (Å²) < 4.78 is 1.27. The molecular formula is C16H13N3O3. The van der Waals surface area contributed by atoms with E-state index in [1.54, 1.807) is 31.3 Å². The molecule has 0 aliphatic carbocycles. The first kappa shape index (κ1) is 13.9. The van der Waals surface area contributed by atoms with Gasteiger partial charge in [0.2, 0.25) is 0 Å². The number of hydrogen-bond acceptors (Lipinski definition) is 4. The van der Waals surface area contributed by atoms with Gasteiger partial charge in [0.15, 0.2) is 0 Å². The third-order valence-corrected chi connectivity index (χ3v) is 3.70. The van der Waals surface area contributed by atoms with E-state index in [1.807, 2.05) is 6.07 Å². The normalized spacial score (nSPS) is 10.9. The molecule has 2 heterocycles. The molecule has 0 aliphatic heterocycles. The maximum Gasteiger partial charge on any atom is 0.272 e. The van der Waals surface area contributed by atoms with E-state index in [0.717, 1.165) is 5.56 Å². The average Bonchev–Trinajstić information content (AvgIpc) is 2.90. The van der Waals surface area contributed by atoms with Crippen LogP contribution in [0, 0.1) is 18.3 Å². The summed E-state index contributed by atoms with van der Waals surface area (Å²) in [4.78, 5) is 27.5. The van der Waals surface area contributed by atoms with Crippen molar-refractivity contribution in [3.63, 3.8) is 0 Å². The second kappa shape index (κ2) is 5.04. The van der Waals surface area contributed by atoms with Gasteiger partial charge in [0.05, 0.1) is 17.0 Å². The number of nitrogens with one attached hydrogen (secondary N) is 1. The minimum absolute atomic E-state index is 0.102. The number of aromatic hydroxyl groups is 1. The number of aryl methyl sites for hydroxylation is 2. The summed E-state index contributed by atoms with van der Waals surface area (Å²) in [5.74, 6) is -0.102. The number of phenolic OH excluding ortho intramolecular Hbond substituents is 1. The molecule has 0 fully saturated rings. The van der Waals surface area contributed by atoms with Crippen LogP contribution in [0.15, 0.2) is 34.0 Å². The van der Waals surface area contributed by atoms with Crippen molar-refractivity contribution in [3.8, 4) is 11.8 Å². The van der Waals surface area contributed by atoms with Gasteiger partial charge in [-0.1, -0.05) is 6.07 Å². The first-order valence-corrected chi connectivity index (χ1v) is 6.79. The van der Waals surface area contributed by atoms with Gasteiger partial charge >= 0.3 is 0 Å². The Balaban J connectivity index is 2.45. The summed E-state index contributed by atoms with van der Waals surface area (Å²) in [6, 6.07) is 6.84. The van der Waals surface area contributed by atoms with Gasteiger partial charge in [-0.05, 0) is 36.6 Å². The quantitative estimate of drug-likeness (QED) is 0.750. The summed E-state index contributed by atoms with van der Waals surface area (Å²) in [5, 5.41) is 18.9. The van der Waals surface area contributed by atoms with E-state index in [1.165, 1.54) is 4.40 Å². The number of hydrogen-bond donors (Lipinski definition) is 2. The Bertz CT molecular complexity index is 1050. The number of aromatic nitrogens is 2. The van der Waals surface area contributed by atoms with E-state index in [4.69, 9.17) is 5.26 Å². The Morgan fingerprint density at radius 2 is 2.14 bits per heavy atom. The minimum Gasteiger partial charge on any atom is -0.505 e. The minimum atomic E-state index is -0.462. The van der Waals surface area contributed by atoms with Crippen molar-refractivity contribution < 1.29 is 5.11 Å². The topological polar surface area (TPSA) is 98.4 Å². The highest BCUT2D eigenvalue weighted by atomic mass is 16.3. The second-order valence-electron chi connectivity index (χ2n) is 5.17. The Morgan fingerprint density at radius 1 is 1.36 bits per heavy atom. The van der Waals surface area contributed by atoms with Gasteiger partial charge in [0.25, 0.3) is 11.1 Å².